The van der Waals surface area contributed by atoms with Crippen molar-refractivity contribution in [1.82, 2.24) is 5.32 Å². The van der Waals surface area contributed by atoms with E-state index in [9.17, 15) is 18.0 Å². The maximum atomic E-state index is 12.8. The van der Waals surface area contributed by atoms with Gasteiger partial charge in [-0.3, -0.25) is 4.79 Å². The Hall–Kier alpha value is -2.28. The first-order valence-corrected chi connectivity index (χ1v) is 8.48. The molecule has 1 aliphatic heterocycles. The molecular weight excluding hydrogens is 349 g/mol. The van der Waals surface area contributed by atoms with E-state index in [1.54, 1.807) is 6.07 Å². The topological polar surface area (TPSA) is 41.5 Å². The number of amidine groups is 1. The van der Waals surface area contributed by atoms with E-state index < -0.39 is 17.0 Å². The highest BCUT2D eigenvalue weighted by molar-refractivity contribution is 8.15. The van der Waals surface area contributed by atoms with Gasteiger partial charge in [-0.15, -0.1) is 0 Å². The minimum absolute atomic E-state index is 0.216. The summed E-state index contributed by atoms with van der Waals surface area (Å²) in [6.07, 6.45) is -4.17. The quantitative estimate of drug-likeness (QED) is 0.873. The Morgan fingerprint density at radius 1 is 1.16 bits per heavy atom. The molecule has 3 rings (SSSR count). The molecule has 1 atom stereocenters. The highest BCUT2D eigenvalue weighted by Gasteiger charge is 2.33. The van der Waals surface area contributed by atoms with Crippen molar-refractivity contribution < 1.29 is 18.0 Å². The van der Waals surface area contributed by atoms with Crippen molar-refractivity contribution in [3.8, 4) is 0 Å². The third kappa shape index (κ3) is 4.42. The minimum Gasteiger partial charge on any atom is -0.304 e. The molecule has 1 fully saturated rings. The summed E-state index contributed by atoms with van der Waals surface area (Å²) in [5.74, 6) is -0.242. The van der Waals surface area contributed by atoms with Crippen molar-refractivity contribution in [1.29, 1.82) is 0 Å². The third-order valence-electron chi connectivity index (χ3n) is 3.68. The molecule has 25 heavy (non-hydrogen) atoms. The average Bonchev–Trinajstić information content (AvgIpc) is 2.86. The fourth-order valence-electron chi connectivity index (χ4n) is 2.50. The first-order chi connectivity index (χ1) is 11.8. The molecule has 1 N–H and O–H groups in total. The van der Waals surface area contributed by atoms with E-state index in [0.717, 1.165) is 23.4 Å². The van der Waals surface area contributed by atoms with Crippen LogP contribution in [0.1, 0.15) is 16.7 Å². The number of amides is 1. The Bertz CT molecular complexity index is 833. The molecule has 0 saturated carbocycles. The van der Waals surface area contributed by atoms with Crippen LogP contribution in [-0.2, 0) is 17.4 Å². The van der Waals surface area contributed by atoms with Crippen molar-refractivity contribution in [3.63, 3.8) is 0 Å². The van der Waals surface area contributed by atoms with Crippen LogP contribution in [0, 0.1) is 6.92 Å². The summed E-state index contributed by atoms with van der Waals surface area (Å²) in [5.41, 5.74) is 1.54. The maximum Gasteiger partial charge on any atom is 0.416 e. The number of halogens is 3. The van der Waals surface area contributed by atoms with Crippen LogP contribution in [0.4, 0.5) is 18.9 Å². The lowest BCUT2D eigenvalue weighted by atomic mass is 10.1. The van der Waals surface area contributed by atoms with E-state index in [1.807, 2.05) is 31.2 Å². The summed E-state index contributed by atoms with van der Waals surface area (Å²) in [4.78, 5) is 16.5. The zero-order valence-electron chi connectivity index (χ0n) is 13.3. The first kappa shape index (κ1) is 17.5. The molecule has 3 nitrogen and oxygen atoms in total. The molecule has 2 aromatic carbocycles. The van der Waals surface area contributed by atoms with Crippen molar-refractivity contribution in [3.05, 3.63) is 65.2 Å². The van der Waals surface area contributed by atoms with Gasteiger partial charge < -0.3 is 5.32 Å². The molecule has 7 heteroatoms. The van der Waals surface area contributed by atoms with Gasteiger partial charge in [0.05, 0.1) is 16.5 Å². The Morgan fingerprint density at radius 3 is 2.64 bits per heavy atom. The molecule has 1 heterocycles. The Morgan fingerprint density at radius 2 is 1.92 bits per heavy atom. The molecular formula is C18H15F3N2OS. The number of nitrogens with one attached hydrogen (secondary N) is 1. The molecule has 1 saturated heterocycles. The minimum atomic E-state index is -4.39. The van der Waals surface area contributed by atoms with Crippen LogP contribution < -0.4 is 5.32 Å². The maximum absolute atomic E-state index is 12.8. The largest absolute Gasteiger partial charge is 0.416 e. The Labute approximate surface area is 147 Å². The van der Waals surface area contributed by atoms with Crippen molar-refractivity contribution in [2.75, 3.05) is 0 Å². The van der Waals surface area contributed by atoms with E-state index in [1.165, 1.54) is 17.8 Å². The number of alkyl halides is 3. The van der Waals surface area contributed by atoms with Gasteiger partial charge in [0.15, 0.2) is 5.17 Å². The number of nitrogens with zero attached hydrogens (tertiary/aromatic N) is 1. The van der Waals surface area contributed by atoms with Gasteiger partial charge in [-0.05, 0) is 42.7 Å². The second-order valence-electron chi connectivity index (χ2n) is 5.75. The normalized spacial score (nSPS) is 19.3. The standard InChI is InChI=1S/C18H15F3N2OS/c1-11-4-2-7-14(8-11)22-17-23-16(24)15(25-17)10-12-5-3-6-13(9-12)18(19,20)21/h2-9,15H,10H2,1H3,(H,22,23,24). The molecule has 0 aromatic heterocycles. The fraction of sp³-hybridized carbons (Fsp3) is 0.222. The number of aryl methyl sites for hydroxylation is 1. The van der Waals surface area contributed by atoms with Crippen LogP contribution in [0.15, 0.2) is 53.5 Å². The summed E-state index contributed by atoms with van der Waals surface area (Å²) >= 11 is 1.24. The summed E-state index contributed by atoms with van der Waals surface area (Å²) in [7, 11) is 0. The number of thioether (sulfide) groups is 1. The van der Waals surface area contributed by atoms with Gasteiger partial charge in [0.2, 0.25) is 5.91 Å². The lowest BCUT2D eigenvalue weighted by molar-refractivity contribution is -0.137. The smallest absolute Gasteiger partial charge is 0.304 e. The molecule has 1 amide bonds. The van der Waals surface area contributed by atoms with Gasteiger partial charge in [0.25, 0.3) is 0 Å². The number of rotatable bonds is 3. The summed E-state index contributed by atoms with van der Waals surface area (Å²) in [6, 6.07) is 12.6. The number of aliphatic imine (C=N–C) groups is 1. The second-order valence-corrected chi connectivity index (χ2v) is 6.95. The highest BCUT2D eigenvalue weighted by Crippen LogP contribution is 2.31. The lowest BCUT2D eigenvalue weighted by Gasteiger charge is -2.10. The third-order valence-corrected chi connectivity index (χ3v) is 4.77. The zero-order valence-corrected chi connectivity index (χ0v) is 14.1. The number of hydrogen-bond acceptors (Lipinski definition) is 3. The van der Waals surface area contributed by atoms with Crippen LogP contribution in [0.3, 0.4) is 0 Å². The van der Waals surface area contributed by atoms with Crippen molar-refractivity contribution in [2.45, 2.75) is 24.8 Å². The van der Waals surface area contributed by atoms with Gasteiger partial charge in [0, 0.05) is 0 Å². The first-order valence-electron chi connectivity index (χ1n) is 7.60. The molecule has 130 valence electrons. The van der Waals surface area contributed by atoms with E-state index in [-0.39, 0.29) is 12.3 Å². The fourth-order valence-corrected chi connectivity index (χ4v) is 3.52. The van der Waals surface area contributed by atoms with Crippen LogP contribution in [0.5, 0.6) is 0 Å². The van der Waals surface area contributed by atoms with Gasteiger partial charge in [-0.1, -0.05) is 42.1 Å². The number of carbonyl (C=O) groups excluding carboxylic acids is 1. The van der Waals surface area contributed by atoms with Gasteiger partial charge in [0.1, 0.15) is 0 Å². The molecule has 0 bridgehead atoms. The van der Waals surface area contributed by atoms with Gasteiger partial charge in [-0.2, -0.15) is 13.2 Å². The van der Waals surface area contributed by atoms with Crippen molar-refractivity contribution >= 4 is 28.5 Å². The van der Waals surface area contributed by atoms with E-state index in [2.05, 4.69) is 10.3 Å². The predicted molar refractivity (Wildman–Crippen MR) is 92.9 cm³/mol. The SMILES string of the molecule is Cc1cccc(/N=C2\NC(=O)C(Cc3cccc(C(F)(F)F)c3)S2)c1. The number of carbonyl (C=O) groups is 1. The van der Waals surface area contributed by atoms with Crippen LogP contribution in [0.2, 0.25) is 0 Å². The van der Waals surface area contributed by atoms with Crippen molar-refractivity contribution in [2.24, 2.45) is 4.99 Å². The molecule has 2 aromatic rings. The number of hydrogen-bond donors (Lipinski definition) is 1. The predicted octanol–water partition coefficient (Wildman–Crippen LogP) is 4.48. The van der Waals surface area contributed by atoms with E-state index in [0.29, 0.717) is 10.7 Å². The summed E-state index contributed by atoms with van der Waals surface area (Å²) in [5, 5.41) is 2.66. The lowest BCUT2D eigenvalue weighted by Crippen LogP contribution is -2.26. The van der Waals surface area contributed by atoms with Gasteiger partial charge >= 0.3 is 6.18 Å². The summed E-state index contributed by atoms with van der Waals surface area (Å²) in [6.45, 7) is 1.94. The second kappa shape index (κ2) is 6.92. The molecule has 0 aliphatic carbocycles. The molecule has 1 aliphatic rings. The van der Waals surface area contributed by atoms with Crippen LogP contribution >= 0.6 is 11.8 Å². The molecule has 1 unspecified atom stereocenters. The average molecular weight is 364 g/mol. The molecule has 0 spiro atoms. The van der Waals surface area contributed by atoms with Crippen LogP contribution in [-0.4, -0.2) is 16.3 Å². The number of benzene rings is 2. The highest BCUT2D eigenvalue weighted by atomic mass is 32.2. The molecule has 0 radical (unpaired) electrons. The van der Waals surface area contributed by atoms with E-state index >= 15 is 0 Å². The van der Waals surface area contributed by atoms with Crippen LogP contribution in [0.25, 0.3) is 0 Å². The zero-order chi connectivity index (χ0) is 18.0. The Kier molecular flexibility index (Phi) is 4.85. The Balaban J connectivity index is 1.74. The van der Waals surface area contributed by atoms with E-state index in [4.69, 9.17) is 0 Å². The van der Waals surface area contributed by atoms with Gasteiger partial charge in [-0.25, -0.2) is 4.99 Å². The monoisotopic (exact) mass is 364 g/mol. The summed E-state index contributed by atoms with van der Waals surface area (Å²) < 4.78 is 38.4.